The molecule has 1 aliphatic rings. The number of carbonyl (C=O) groups excluding carboxylic acids is 1. The first kappa shape index (κ1) is 26.9. The molecule has 0 atom stereocenters. The molecule has 2 aromatic carbocycles. The molecule has 41 heavy (non-hydrogen) atoms. The Labute approximate surface area is 240 Å². The number of nitrogens with zero attached hydrogens (tertiary/aromatic N) is 5. The molecule has 1 N–H and O–H groups in total. The molecule has 0 radical (unpaired) electrons. The van der Waals surface area contributed by atoms with Crippen LogP contribution in [0.15, 0.2) is 73.1 Å². The quantitative estimate of drug-likeness (QED) is 0.280. The van der Waals surface area contributed by atoms with Gasteiger partial charge in [0.2, 0.25) is 5.91 Å². The van der Waals surface area contributed by atoms with E-state index >= 15 is 0 Å². The van der Waals surface area contributed by atoms with Gasteiger partial charge in [0.1, 0.15) is 12.3 Å². The van der Waals surface area contributed by atoms with Crippen molar-refractivity contribution in [1.82, 2.24) is 24.1 Å². The monoisotopic (exact) mass is 551 g/mol. The van der Waals surface area contributed by atoms with Gasteiger partial charge in [-0.05, 0) is 52.9 Å². The fraction of sp³-hybridized carbons (Fsp3) is 0.333. The second-order valence-corrected chi connectivity index (χ2v) is 11.9. The topological polar surface area (TPSA) is 75.8 Å². The maximum atomic E-state index is 13.5. The maximum absolute atomic E-state index is 13.5. The first-order valence-corrected chi connectivity index (χ1v) is 14.1. The van der Waals surface area contributed by atoms with Crippen LogP contribution in [0.2, 0.25) is 0 Å². The maximum Gasteiger partial charge on any atom is 0.242 e. The number of hydrogen-bond acceptors (Lipinski definition) is 5. The molecule has 1 saturated heterocycles. The minimum absolute atomic E-state index is 0.0876. The van der Waals surface area contributed by atoms with Gasteiger partial charge in [0.15, 0.2) is 5.65 Å². The molecule has 0 saturated carbocycles. The number of benzene rings is 2. The third kappa shape index (κ3) is 5.27. The van der Waals surface area contributed by atoms with E-state index in [9.17, 15) is 10.0 Å². The summed E-state index contributed by atoms with van der Waals surface area (Å²) in [5.41, 5.74) is 5.62. The number of pyridine rings is 1. The molecule has 1 aliphatic heterocycles. The molecular formula is C33H37N5O3. The lowest BCUT2D eigenvalue weighted by Crippen LogP contribution is -2.49. The van der Waals surface area contributed by atoms with Gasteiger partial charge in [-0.3, -0.25) is 9.69 Å². The Morgan fingerprint density at radius 3 is 2.44 bits per heavy atom. The van der Waals surface area contributed by atoms with E-state index in [1.807, 2.05) is 52.1 Å². The number of fused-ring (bicyclic) bond motifs is 2. The Morgan fingerprint density at radius 1 is 1.00 bits per heavy atom. The summed E-state index contributed by atoms with van der Waals surface area (Å²) in [5, 5.41) is 12.7. The van der Waals surface area contributed by atoms with Gasteiger partial charge < -0.3 is 19.4 Å². The van der Waals surface area contributed by atoms with Crippen molar-refractivity contribution in [3.8, 4) is 17.0 Å². The Kier molecular flexibility index (Phi) is 6.95. The Morgan fingerprint density at radius 2 is 1.76 bits per heavy atom. The van der Waals surface area contributed by atoms with E-state index in [-0.39, 0.29) is 17.9 Å². The van der Waals surface area contributed by atoms with Crippen molar-refractivity contribution >= 4 is 27.8 Å². The van der Waals surface area contributed by atoms with Crippen LogP contribution in [0.3, 0.4) is 0 Å². The highest BCUT2D eigenvalue weighted by Gasteiger charge is 2.24. The van der Waals surface area contributed by atoms with Crippen LogP contribution in [0.5, 0.6) is 5.75 Å². The van der Waals surface area contributed by atoms with Crippen molar-refractivity contribution in [3.05, 3.63) is 84.2 Å². The van der Waals surface area contributed by atoms with E-state index in [1.165, 1.54) is 11.1 Å². The number of aromatic nitrogens is 3. The molecule has 5 aromatic rings. The van der Waals surface area contributed by atoms with Crippen molar-refractivity contribution in [3.63, 3.8) is 0 Å². The van der Waals surface area contributed by atoms with Gasteiger partial charge >= 0.3 is 0 Å². The Hall–Kier alpha value is -4.30. The van der Waals surface area contributed by atoms with Crippen LogP contribution in [0, 0.1) is 0 Å². The van der Waals surface area contributed by atoms with Gasteiger partial charge in [-0.2, -0.15) is 4.73 Å². The molecule has 0 unspecified atom stereocenters. The lowest BCUT2D eigenvalue weighted by molar-refractivity contribution is -0.133. The van der Waals surface area contributed by atoms with Gasteiger partial charge in [0, 0.05) is 67.0 Å². The SMILES string of the molecule is COc1ccc2c(c1)c(-c1cc3cccnc3n1O)cn2CC(=O)N1CCN(Cc2ccc(C(C)(C)C)cc2)CC1. The molecule has 0 aliphatic carbocycles. The third-order valence-electron chi connectivity index (χ3n) is 8.16. The molecule has 1 amide bonds. The van der Waals surface area contributed by atoms with E-state index in [1.54, 1.807) is 13.3 Å². The van der Waals surface area contributed by atoms with Crippen molar-refractivity contribution in [2.75, 3.05) is 33.3 Å². The molecule has 8 heteroatoms. The average Bonchev–Trinajstić information content (AvgIpc) is 3.49. The zero-order valence-corrected chi connectivity index (χ0v) is 24.2. The van der Waals surface area contributed by atoms with Crippen LogP contribution in [0.25, 0.3) is 33.2 Å². The van der Waals surface area contributed by atoms with E-state index in [0.29, 0.717) is 30.2 Å². The second-order valence-electron chi connectivity index (χ2n) is 11.9. The highest BCUT2D eigenvalue weighted by molar-refractivity contribution is 5.99. The number of hydrogen-bond donors (Lipinski definition) is 1. The van der Waals surface area contributed by atoms with Crippen LogP contribution >= 0.6 is 0 Å². The van der Waals surface area contributed by atoms with Gasteiger partial charge in [0.25, 0.3) is 0 Å². The number of ether oxygens (including phenoxy) is 1. The summed E-state index contributed by atoms with van der Waals surface area (Å²) >= 11 is 0. The predicted octanol–water partition coefficient (Wildman–Crippen LogP) is 5.55. The molecule has 6 rings (SSSR count). The Balaban J connectivity index is 1.18. The van der Waals surface area contributed by atoms with Crippen LogP contribution in [0.1, 0.15) is 31.9 Å². The summed E-state index contributed by atoms with van der Waals surface area (Å²) in [7, 11) is 1.63. The van der Waals surface area contributed by atoms with Crippen LogP contribution < -0.4 is 4.74 Å². The second kappa shape index (κ2) is 10.6. The minimum atomic E-state index is 0.0876. The molecule has 1 fully saturated rings. The molecule has 0 spiro atoms. The first-order valence-electron chi connectivity index (χ1n) is 14.1. The summed E-state index contributed by atoms with van der Waals surface area (Å²) < 4.78 is 8.58. The largest absolute Gasteiger partial charge is 0.497 e. The predicted molar refractivity (Wildman–Crippen MR) is 161 cm³/mol. The smallest absolute Gasteiger partial charge is 0.242 e. The van der Waals surface area contributed by atoms with Gasteiger partial charge in [-0.25, -0.2) is 4.98 Å². The van der Waals surface area contributed by atoms with Crippen LogP contribution in [-0.2, 0) is 23.3 Å². The molecule has 8 nitrogen and oxygen atoms in total. The fourth-order valence-electron chi connectivity index (χ4n) is 5.72. The van der Waals surface area contributed by atoms with Crippen molar-refractivity contribution in [1.29, 1.82) is 0 Å². The molecule has 4 heterocycles. The molecule has 212 valence electrons. The normalized spacial score (nSPS) is 14.7. The summed E-state index contributed by atoms with van der Waals surface area (Å²) in [4.78, 5) is 22.2. The van der Waals surface area contributed by atoms with E-state index in [4.69, 9.17) is 4.74 Å². The standard InChI is InChI=1S/C33H37N5O3/c1-33(2,3)25-9-7-23(8-10-25)20-35-14-16-36(17-15-35)31(39)22-37-21-28(27-19-26(41-4)11-12-29(27)37)30-18-24-6-5-13-34-32(24)38(30)40/h5-13,18-19,21,40H,14-17,20,22H2,1-4H3. The molecule has 0 bridgehead atoms. The van der Waals surface area contributed by atoms with Gasteiger partial charge in [-0.1, -0.05) is 45.0 Å². The number of carbonyl (C=O) groups is 1. The first-order chi connectivity index (χ1) is 19.7. The van der Waals surface area contributed by atoms with Gasteiger partial charge in [-0.15, -0.1) is 0 Å². The number of amides is 1. The Bertz CT molecular complexity index is 1700. The highest BCUT2D eigenvalue weighted by Crippen LogP contribution is 2.35. The zero-order chi connectivity index (χ0) is 28.7. The van der Waals surface area contributed by atoms with Crippen molar-refractivity contribution in [2.45, 2.75) is 39.3 Å². The average molecular weight is 552 g/mol. The summed E-state index contributed by atoms with van der Waals surface area (Å²) in [6, 6.07) is 20.4. The lowest BCUT2D eigenvalue weighted by atomic mass is 9.87. The summed E-state index contributed by atoms with van der Waals surface area (Å²) in [6.45, 7) is 10.9. The summed E-state index contributed by atoms with van der Waals surface area (Å²) in [6.07, 6.45) is 3.60. The zero-order valence-electron chi connectivity index (χ0n) is 24.2. The number of rotatable bonds is 6. The minimum Gasteiger partial charge on any atom is -0.497 e. The molecular weight excluding hydrogens is 514 g/mol. The van der Waals surface area contributed by atoms with E-state index in [0.717, 1.165) is 46.2 Å². The van der Waals surface area contributed by atoms with Crippen LogP contribution in [0.4, 0.5) is 0 Å². The van der Waals surface area contributed by atoms with Crippen molar-refractivity contribution < 1.29 is 14.7 Å². The van der Waals surface area contributed by atoms with Crippen LogP contribution in [-0.4, -0.2) is 68.5 Å². The third-order valence-corrected chi connectivity index (χ3v) is 8.16. The van der Waals surface area contributed by atoms with Crippen molar-refractivity contribution in [2.24, 2.45) is 0 Å². The highest BCUT2D eigenvalue weighted by atomic mass is 16.5. The van der Waals surface area contributed by atoms with E-state index < -0.39 is 0 Å². The van der Waals surface area contributed by atoms with Gasteiger partial charge in [0.05, 0.1) is 12.8 Å². The fourth-order valence-corrected chi connectivity index (χ4v) is 5.72. The lowest BCUT2D eigenvalue weighted by Gasteiger charge is -2.35. The molecule has 3 aromatic heterocycles. The van der Waals surface area contributed by atoms with E-state index in [2.05, 4.69) is 54.9 Å². The number of methoxy groups -OCH3 is 1. The number of piperazine rings is 1. The summed E-state index contributed by atoms with van der Waals surface area (Å²) in [5.74, 6) is 0.801.